The number of hydrogen-bond donors (Lipinski definition) is 0. The van der Waals surface area contributed by atoms with Gasteiger partial charge in [0.25, 0.3) is 0 Å². The maximum Gasteiger partial charge on any atom is 0.0122 e. The number of rotatable bonds is 3. The van der Waals surface area contributed by atoms with Gasteiger partial charge < -0.3 is 0 Å². The number of benzene rings is 1. The van der Waals surface area contributed by atoms with Crippen molar-refractivity contribution in [3.8, 4) is 0 Å². The Bertz CT molecular complexity index is 341. The molecule has 0 heterocycles. The van der Waals surface area contributed by atoms with Crippen molar-refractivity contribution in [3.63, 3.8) is 0 Å². The van der Waals surface area contributed by atoms with E-state index < -0.39 is 0 Å². The maximum atomic E-state index is 4.03. The highest BCUT2D eigenvalue weighted by Gasteiger charge is 2.03. The first-order chi connectivity index (χ1) is 6.97. The van der Waals surface area contributed by atoms with Crippen molar-refractivity contribution < 1.29 is 0 Å². The molecule has 0 fully saturated rings. The van der Waals surface area contributed by atoms with Crippen LogP contribution >= 0.6 is 11.8 Å². The Morgan fingerprint density at radius 3 is 2.33 bits per heavy atom. The Morgan fingerprint density at radius 1 is 1.20 bits per heavy atom. The first kappa shape index (κ1) is 12.1. The summed E-state index contributed by atoms with van der Waals surface area (Å²) in [6.07, 6.45) is 4.28. The van der Waals surface area contributed by atoms with Crippen LogP contribution in [0.4, 0.5) is 0 Å². The molecule has 0 saturated carbocycles. The Balaban J connectivity index is 2.55. The van der Waals surface area contributed by atoms with Gasteiger partial charge in [-0.2, -0.15) is 0 Å². The Morgan fingerprint density at radius 2 is 1.80 bits per heavy atom. The van der Waals surface area contributed by atoms with Gasteiger partial charge in [-0.05, 0) is 17.5 Å². The molecule has 0 aliphatic heterocycles. The molecule has 0 N–H and O–H groups in total. The molecule has 1 aromatic rings. The van der Waals surface area contributed by atoms with Gasteiger partial charge in [0.15, 0.2) is 0 Å². The monoisotopic (exact) mass is 218 g/mol. The SMILES string of the molecule is C=C(/C=C/C(C)(C)C)Sc1ccccc1. The first-order valence-electron chi connectivity index (χ1n) is 5.08. The number of hydrogen-bond acceptors (Lipinski definition) is 1. The van der Waals surface area contributed by atoms with Crippen LogP contribution in [0.15, 0.2) is 58.9 Å². The minimum absolute atomic E-state index is 0.222. The van der Waals surface area contributed by atoms with Crippen molar-refractivity contribution >= 4 is 11.8 Å². The molecule has 80 valence electrons. The Kier molecular flexibility index (Phi) is 4.22. The molecule has 1 aromatic carbocycles. The molecule has 15 heavy (non-hydrogen) atoms. The number of allylic oxidation sites excluding steroid dienone is 2. The van der Waals surface area contributed by atoms with Crippen LogP contribution in [0.5, 0.6) is 0 Å². The molecule has 0 aliphatic rings. The normalized spacial score (nSPS) is 11.9. The van der Waals surface area contributed by atoms with Crippen LogP contribution in [-0.2, 0) is 0 Å². The van der Waals surface area contributed by atoms with Gasteiger partial charge in [0.05, 0.1) is 0 Å². The number of thioether (sulfide) groups is 1. The summed E-state index contributed by atoms with van der Waals surface area (Å²) in [7, 11) is 0. The fourth-order valence-corrected chi connectivity index (χ4v) is 1.75. The molecule has 1 heteroatoms. The molecule has 0 spiro atoms. The molecule has 0 bridgehead atoms. The van der Waals surface area contributed by atoms with Crippen molar-refractivity contribution in [2.45, 2.75) is 25.7 Å². The largest absolute Gasteiger partial charge is 0.0907 e. The summed E-state index contributed by atoms with van der Waals surface area (Å²) in [5.74, 6) is 0. The van der Waals surface area contributed by atoms with Gasteiger partial charge in [0, 0.05) is 9.80 Å². The van der Waals surface area contributed by atoms with Gasteiger partial charge in [-0.15, -0.1) is 0 Å². The predicted molar refractivity (Wildman–Crippen MR) is 70.0 cm³/mol. The molecule has 0 atom stereocenters. The third-order valence-electron chi connectivity index (χ3n) is 1.76. The lowest BCUT2D eigenvalue weighted by Gasteiger charge is -2.11. The fourth-order valence-electron chi connectivity index (χ4n) is 1.02. The molecule has 0 nitrogen and oxygen atoms in total. The lowest BCUT2D eigenvalue weighted by Crippen LogP contribution is -1.98. The van der Waals surface area contributed by atoms with Gasteiger partial charge in [-0.25, -0.2) is 0 Å². The van der Waals surface area contributed by atoms with Gasteiger partial charge >= 0.3 is 0 Å². The average Bonchev–Trinajstić information content (AvgIpc) is 2.15. The zero-order valence-corrected chi connectivity index (χ0v) is 10.5. The van der Waals surface area contributed by atoms with Gasteiger partial charge in [0.2, 0.25) is 0 Å². The molecule has 0 saturated heterocycles. The summed E-state index contributed by atoms with van der Waals surface area (Å²) in [6, 6.07) is 10.3. The zero-order valence-electron chi connectivity index (χ0n) is 9.66. The molecule has 0 amide bonds. The van der Waals surface area contributed by atoms with E-state index in [9.17, 15) is 0 Å². The lowest BCUT2D eigenvalue weighted by atomic mass is 9.96. The van der Waals surface area contributed by atoms with Gasteiger partial charge in [0.1, 0.15) is 0 Å². The van der Waals surface area contributed by atoms with Crippen molar-refractivity contribution in [3.05, 3.63) is 54.0 Å². The van der Waals surface area contributed by atoms with Crippen LogP contribution in [0, 0.1) is 5.41 Å². The van der Waals surface area contributed by atoms with E-state index in [2.05, 4.69) is 51.6 Å². The Labute approximate surface area is 97.1 Å². The zero-order chi connectivity index (χ0) is 11.3. The average molecular weight is 218 g/mol. The quantitative estimate of drug-likeness (QED) is 0.514. The predicted octanol–water partition coefficient (Wildman–Crippen LogP) is 4.89. The van der Waals surface area contributed by atoms with Crippen LogP contribution in [0.1, 0.15) is 20.8 Å². The molecular weight excluding hydrogens is 200 g/mol. The molecule has 0 aliphatic carbocycles. The van der Waals surface area contributed by atoms with E-state index in [0.717, 1.165) is 4.91 Å². The second-order valence-electron chi connectivity index (χ2n) is 4.58. The minimum atomic E-state index is 0.222. The second kappa shape index (κ2) is 5.22. The molecule has 1 rings (SSSR count). The summed E-state index contributed by atoms with van der Waals surface area (Å²) >= 11 is 1.70. The standard InChI is InChI=1S/C14H18S/c1-12(10-11-14(2,3)4)15-13-8-6-5-7-9-13/h5-11H,1H2,2-4H3/b11-10+. The van der Waals surface area contributed by atoms with Gasteiger partial charge in [-0.3, -0.25) is 0 Å². The van der Waals surface area contributed by atoms with Crippen LogP contribution in [-0.4, -0.2) is 0 Å². The van der Waals surface area contributed by atoms with Crippen LogP contribution in [0.25, 0.3) is 0 Å². The van der Waals surface area contributed by atoms with E-state index in [0.29, 0.717) is 0 Å². The smallest absolute Gasteiger partial charge is 0.0122 e. The van der Waals surface area contributed by atoms with Crippen molar-refractivity contribution in [2.75, 3.05) is 0 Å². The summed E-state index contributed by atoms with van der Waals surface area (Å²) in [4.78, 5) is 2.32. The lowest BCUT2D eigenvalue weighted by molar-refractivity contribution is 0.544. The summed E-state index contributed by atoms with van der Waals surface area (Å²) < 4.78 is 0. The third-order valence-corrected chi connectivity index (χ3v) is 2.67. The Hall–Kier alpha value is -0.950. The van der Waals surface area contributed by atoms with Crippen molar-refractivity contribution in [1.82, 2.24) is 0 Å². The fraction of sp³-hybridized carbons (Fsp3) is 0.286. The van der Waals surface area contributed by atoms with E-state index in [-0.39, 0.29) is 5.41 Å². The molecule has 0 radical (unpaired) electrons. The van der Waals surface area contributed by atoms with E-state index in [4.69, 9.17) is 0 Å². The molecule has 0 unspecified atom stereocenters. The van der Waals surface area contributed by atoms with Gasteiger partial charge in [-0.1, -0.05) is 69.5 Å². The van der Waals surface area contributed by atoms with Crippen molar-refractivity contribution in [1.29, 1.82) is 0 Å². The minimum Gasteiger partial charge on any atom is -0.0907 e. The third kappa shape index (κ3) is 5.48. The topological polar surface area (TPSA) is 0 Å². The summed E-state index contributed by atoms with van der Waals surface area (Å²) in [6.45, 7) is 10.6. The van der Waals surface area contributed by atoms with E-state index in [1.807, 2.05) is 18.2 Å². The molecular formula is C14H18S. The molecule has 0 aromatic heterocycles. The highest BCUT2D eigenvalue weighted by Crippen LogP contribution is 2.27. The second-order valence-corrected chi connectivity index (χ2v) is 5.78. The highest BCUT2D eigenvalue weighted by atomic mass is 32.2. The maximum absolute atomic E-state index is 4.03. The van der Waals surface area contributed by atoms with Crippen molar-refractivity contribution in [2.24, 2.45) is 5.41 Å². The van der Waals surface area contributed by atoms with Crippen LogP contribution in [0.3, 0.4) is 0 Å². The summed E-state index contributed by atoms with van der Waals surface area (Å²) in [5, 5.41) is 0. The van der Waals surface area contributed by atoms with Crippen LogP contribution < -0.4 is 0 Å². The highest BCUT2D eigenvalue weighted by molar-refractivity contribution is 8.03. The summed E-state index contributed by atoms with van der Waals surface area (Å²) in [5.41, 5.74) is 0.222. The first-order valence-corrected chi connectivity index (χ1v) is 5.90. The van der Waals surface area contributed by atoms with E-state index in [1.165, 1.54) is 4.90 Å². The van der Waals surface area contributed by atoms with E-state index in [1.54, 1.807) is 11.8 Å². The van der Waals surface area contributed by atoms with Crippen LogP contribution in [0.2, 0.25) is 0 Å². The van der Waals surface area contributed by atoms with E-state index >= 15 is 0 Å².